The van der Waals surface area contributed by atoms with Gasteiger partial charge >= 0.3 is 5.97 Å². The molecule has 3 rings (SSSR count). The van der Waals surface area contributed by atoms with Gasteiger partial charge in [-0.15, -0.1) is 0 Å². The Balaban J connectivity index is 1.81. The topological polar surface area (TPSA) is 63.9 Å². The number of aromatic nitrogens is 2. The van der Waals surface area contributed by atoms with Gasteiger partial charge in [0.2, 0.25) is 0 Å². The van der Waals surface area contributed by atoms with Crippen molar-refractivity contribution >= 4 is 33.5 Å². The van der Waals surface area contributed by atoms with E-state index in [-0.39, 0.29) is 17.8 Å². The highest BCUT2D eigenvalue weighted by Gasteiger charge is 2.31. The number of hydrogen-bond acceptors (Lipinski definition) is 4. The van der Waals surface area contributed by atoms with Gasteiger partial charge in [-0.25, -0.2) is 4.98 Å². The van der Waals surface area contributed by atoms with Gasteiger partial charge in [0.15, 0.2) is 0 Å². The summed E-state index contributed by atoms with van der Waals surface area (Å²) in [7, 11) is 0. The summed E-state index contributed by atoms with van der Waals surface area (Å²) in [5.74, 6) is -0.279. The number of nitrogens with zero attached hydrogens (tertiary/aromatic N) is 3. The number of halogens is 1. The second-order valence-corrected chi connectivity index (χ2v) is 7.07. The van der Waals surface area contributed by atoms with E-state index in [9.17, 15) is 9.59 Å². The van der Waals surface area contributed by atoms with Gasteiger partial charge in [-0.05, 0) is 54.2 Å². The molecule has 1 amide bonds. The predicted molar refractivity (Wildman–Crippen MR) is 97.5 cm³/mol. The van der Waals surface area contributed by atoms with Crippen molar-refractivity contribution in [1.29, 1.82) is 0 Å². The molecule has 0 saturated carbocycles. The zero-order valence-corrected chi connectivity index (χ0v) is 16.1. The number of piperidine rings is 1. The lowest BCUT2D eigenvalue weighted by Crippen LogP contribution is -2.41. The van der Waals surface area contributed by atoms with E-state index in [4.69, 9.17) is 4.74 Å². The van der Waals surface area contributed by atoms with Gasteiger partial charge in [0.1, 0.15) is 11.3 Å². The van der Waals surface area contributed by atoms with Gasteiger partial charge in [0.05, 0.1) is 18.2 Å². The normalized spacial score (nSPS) is 15.6. The van der Waals surface area contributed by atoms with Crippen molar-refractivity contribution in [1.82, 2.24) is 14.3 Å². The quantitative estimate of drug-likeness (QED) is 0.730. The number of aryl methyl sites for hydroxylation is 1. The second kappa shape index (κ2) is 7.56. The summed E-state index contributed by atoms with van der Waals surface area (Å²) in [4.78, 5) is 31.4. The summed E-state index contributed by atoms with van der Waals surface area (Å²) in [6.07, 6.45) is 3.86. The lowest BCUT2D eigenvalue weighted by atomic mass is 9.96. The van der Waals surface area contributed by atoms with Crippen molar-refractivity contribution in [2.45, 2.75) is 33.1 Å². The number of fused-ring (bicyclic) bond motifs is 1. The first kappa shape index (κ1) is 17.9. The third-order valence-electron chi connectivity index (χ3n) is 4.59. The second-order valence-electron chi connectivity index (χ2n) is 6.15. The van der Waals surface area contributed by atoms with E-state index in [0.717, 1.165) is 15.8 Å². The molecular formula is C18H22BrN3O3. The Labute approximate surface area is 155 Å². The summed E-state index contributed by atoms with van der Waals surface area (Å²) in [6, 6.07) is 3.81. The molecule has 0 unspecified atom stereocenters. The molecule has 25 heavy (non-hydrogen) atoms. The Kier molecular flexibility index (Phi) is 5.42. The largest absolute Gasteiger partial charge is 0.466 e. The summed E-state index contributed by atoms with van der Waals surface area (Å²) in [5.41, 5.74) is 2.19. The molecule has 2 aromatic rings. The first-order valence-corrected chi connectivity index (χ1v) is 9.46. The molecule has 1 aliphatic rings. The first-order valence-electron chi connectivity index (χ1n) is 8.67. The van der Waals surface area contributed by atoms with Crippen LogP contribution < -0.4 is 0 Å². The molecule has 0 radical (unpaired) electrons. The van der Waals surface area contributed by atoms with Gasteiger partial charge in [0, 0.05) is 23.8 Å². The van der Waals surface area contributed by atoms with Crippen LogP contribution in [0, 0.1) is 5.92 Å². The number of esters is 1. The molecule has 1 saturated heterocycles. The minimum absolute atomic E-state index is 0.0234. The fourth-order valence-electron chi connectivity index (χ4n) is 3.27. The SMILES string of the molecule is CCOC(=O)C1CCN(C(=O)c2c(CC)nc3ccc(Br)cn23)CC1. The molecule has 0 N–H and O–H groups in total. The Morgan fingerprint density at radius 1 is 1.28 bits per heavy atom. The van der Waals surface area contributed by atoms with Gasteiger partial charge in [0.25, 0.3) is 5.91 Å². The van der Waals surface area contributed by atoms with E-state index in [0.29, 0.717) is 44.7 Å². The fourth-order valence-corrected chi connectivity index (χ4v) is 3.61. The smallest absolute Gasteiger partial charge is 0.309 e. The number of carbonyl (C=O) groups is 2. The Morgan fingerprint density at radius 2 is 2.00 bits per heavy atom. The Bertz CT molecular complexity index is 794. The lowest BCUT2D eigenvalue weighted by molar-refractivity contribution is -0.149. The maximum absolute atomic E-state index is 13.1. The van der Waals surface area contributed by atoms with E-state index in [1.807, 2.05) is 41.5 Å². The van der Waals surface area contributed by atoms with Crippen LogP contribution in [0.2, 0.25) is 0 Å². The highest BCUT2D eigenvalue weighted by atomic mass is 79.9. The Hall–Kier alpha value is -1.89. The number of carbonyl (C=O) groups excluding carboxylic acids is 2. The van der Waals surface area contributed by atoms with Gasteiger partial charge in [-0.1, -0.05) is 6.92 Å². The van der Waals surface area contributed by atoms with Crippen LogP contribution in [-0.4, -0.2) is 45.9 Å². The molecule has 0 spiro atoms. The molecule has 134 valence electrons. The predicted octanol–water partition coefficient (Wildman–Crippen LogP) is 3.07. The molecule has 0 aliphatic carbocycles. The zero-order valence-electron chi connectivity index (χ0n) is 14.5. The minimum atomic E-state index is -0.150. The standard InChI is InChI=1S/C18H22BrN3O3/c1-3-14-16(22-11-13(19)5-6-15(22)20-14)17(23)21-9-7-12(8-10-21)18(24)25-4-2/h5-6,11-12H,3-4,7-10H2,1-2H3. The number of amides is 1. The summed E-state index contributed by atoms with van der Waals surface area (Å²) >= 11 is 3.46. The maximum atomic E-state index is 13.1. The molecule has 0 atom stereocenters. The average Bonchev–Trinajstić information content (AvgIpc) is 2.99. The first-order chi connectivity index (χ1) is 12.0. The molecule has 2 aromatic heterocycles. The van der Waals surface area contributed by atoms with Crippen LogP contribution >= 0.6 is 15.9 Å². The fraction of sp³-hybridized carbons (Fsp3) is 0.500. The van der Waals surface area contributed by atoms with E-state index in [1.165, 1.54) is 0 Å². The Morgan fingerprint density at radius 3 is 2.64 bits per heavy atom. The monoisotopic (exact) mass is 407 g/mol. The number of likely N-dealkylation sites (tertiary alicyclic amines) is 1. The van der Waals surface area contributed by atoms with Crippen molar-refractivity contribution < 1.29 is 14.3 Å². The number of imidazole rings is 1. The van der Waals surface area contributed by atoms with Crippen LogP contribution in [0.15, 0.2) is 22.8 Å². The van der Waals surface area contributed by atoms with Crippen LogP contribution in [0.5, 0.6) is 0 Å². The highest BCUT2D eigenvalue weighted by Crippen LogP contribution is 2.23. The summed E-state index contributed by atoms with van der Waals surface area (Å²) < 4.78 is 7.84. The van der Waals surface area contributed by atoms with E-state index >= 15 is 0 Å². The minimum Gasteiger partial charge on any atom is -0.466 e. The molecule has 1 aliphatic heterocycles. The van der Waals surface area contributed by atoms with Crippen molar-refractivity contribution in [2.24, 2.45) is 5.92 Å². The lowest BCUT2D eigenvalue weighted by Gasteiger charge is -2.31. The number of rotatable bonds is 4. The van der Waals surface area contributed by atoms with Crippen LogP contribution in [-0.2, 0) is 16.0 Å². The van der Waals surface area contributed by atoms with E-state index in [1.54, 1.807) is 0 Å². The maximum Gasteiger partial charge on any atom is 0.309 e. The van der Waals surface area contributed by atoms with Crippen molar-refractivity contribution in [2.75, 3.05) is 19.7 Å². The zero-order chi connectivity index (χ0) is 18.0. The molecular weight excluding hydrogens is 386 g/mol. The highest BCUT2D eigenvalue weighted by molar-refractivity contribution is 9.10. The van der Waals surface area contributed by atoms with Gasteiger partial charge in [-0.3, -0.25) is 14.0 Å². The number of pyridine rings is 1. The summed E-state index contributed by atoms with van der Waals surface area (Å²) in [5, 5.41) is 0. The number of ether oxygens (including phenoxy) is 1. The van der Waals surface area contributed by atoms with Crippen molar-refractivity contribution in [3.63, 3.8) is 0 Å². The molecule has 6 nitrogen and oxygen atoms in total. The molecule has 3 heterocycles. The van der Waals surface area contributed by atoms with Crippen molar-refractivity contribution in [3.8, 4) is 0 Å². The van der Waals surface area contributed by atoms with Crippen LogP contribution in [0.1, 0.15) is 42.9 Å². The summed E-state index contributed by atoms with van der Waals surface area (Å²) in [6.45, 7) is 5.33. The van der Waals surface area contributed by atoms with Gasteiger partial charge < -0.3 is 9.64 Å². The third-order valence-corrected chi connectivity index (χ3v) is 5.06. The molecule has 0 aromatic carbocycles. The molecule has 1 fully saturated rings. The molecule has 7 heteroatoms. The van der Waals surface area contributed by atoms with Crippen LogP contribution in [0.3, 0.4) is 0 Å². The van der Waals surface area contributed by atoms with Crippen LogP contribution in [0.4, 0.5) is 0 Å². The van der Waals surface area contributed by atoms with E-state index in [2.05, 4.69) is 20.9 Å². The van der Waals surface area contributed by atoms with E-state index < -0.39 is 0 Å². The number of hydrogen-bond donors (Lipinski definition) is 0. The van der Waals surface area contributed by atoms with Gasteiger partial charge in [-0.2, -0.15) is 0 Å². The molecule has 0 bridgehead atoms. The average molecular weight is 408 g/mol. The third kappa shape index (κ3) is 3.56. The van der Waals surface area contributed by atoms with Crippen LogP contribution in [0.25, 0.3) is 5.65 Å². The van der Waals surface area contributed by atoms with Crippen molar-refractivity contribution in [3.05, 3.63) is 34.2 Å².